The van der Waals surface area contributed by atoms with Crippen molar-refractivity contribution in [2.24, 2.45) is 0 Å². The summed E-state index contributed by atoms with van der Waals surface area (Å²) in [6.45, 7) is 0.770. The van der Waals surface area contributed by atoms with Gasteiger partial charge in [-0.05, 0) is 36.6 Å². The molecule has 0 N–H and O–H groups in total. The Morgan fingerprint density at radius 3 is 2.65 bits per heavy atom. The number of para-hydroxylation sites is 1. The van der Waals surface area contributed by atoms with Crippen LogP contribution < -0.4 is 5.01 Å². The van der Waals surface area contributed by atoms with Crippen molar-refractivity contribution in [1.82, 2.24) is 9.99 Å². The van der Waals surface area contributed by atoms with Crippen molar-refractivity contribution in [1.29, 1.82) is 0 Å². The van der Waals surface area contributed by atoms with Crippen molar-refractivity contribution in [3.63, 3.8) is 0 Å². The summed E-state index contributed by atoms with van der Waals surface area (Å²) >= 11 is 0. The molecule has 3 aliphatic rings. The zero-order chi connectivity index (χ0) is 17.6. The van der Waals surface area contributed by atoms with Gasteiger partial charge in [-0.2, -0.15) is 0 Å². The molecular weight excluding hydrogens is 322 g/mol. The Balaban J connectivity index is 1.78. The molecule has 1 saturated carbocycles. The number of nitrogens with zero attached hydrogens (tertiary/aromatic N) is 3. The van der Waals surface area contributed by atoms with E-state index in [9.17, 15) is 4.79 Å². The molecule has 0 atom stereocenters. The van der Waals surface area contributed by atoms with Gasteiger partial charge in [-0.3, -0.25) is 14.8 Å². The summed E-state index contributed by atoms with van der Waals surface area (Å²) in [6, 6.07) is 12.6. The van der Waals surface area contributed by atoms with Gasteiger partial charge >= 0.3 is 0 Å². The maximum Gasteiger partial charge on any atom is 0.243 e. The summed E-state index contributed by atoms with van der Waals surface area (Å²) in [4.78, 5) is 17.3. The van der Waals surface area contributed by atoms with Gasteiger partial charge in [0.1, 0.15) is 0 Å². The molecule has 2 aliphatic heterocycles. The van der Waals surface area contributed by atoms with Crippen molar-refractivity contribution in [2.45, 2.75) is 44.1 Å². The standard InChI is InChI=1S/C22H23N3O/c26-21-10-14-24-20-9-3-2-8-18(20)19(17-7-6-13-23-16-17)15-22(25(21)24)11-4-1-5-12-22/h2-3,6-9,13,15-16H,1,4-5,10-12,14H2. The molecule has 1 aliphatic carbocycles. The Morgan fingerprint density at radius 1 is 1.00 bits per heavy atom. The molecule has 1 aromatic carbocycles. The third-order valence-electron chi connectivity index (χ3n) is 6.01. The topological polar surface area (TPSA) is 36.4 Å². The molecule has 0 radical (unpaired) electrons. The van der Waals surface area contributed by atoms with Crippen LogP contribution in [0.3, 0.4) is 0 Å². The number of rotatable bonds is 1. The molecule has 0 bridgehead atoms. The van der Waals surface area contributed by atoms with Gasteiger partial charge in [0.05, 0.1) is 11.2 Å². The van der Waals surface area contributed by atoms with E-state index in [1.807, 2.05) is 18.5 Å². The van der Waals surface area contributed by atoms with Crippen molar-refractivity contribution in [3.05, 3.63) is 66.0 Å². The number of hydrogen-bond donors (Lipinski definition) is 0. The largest absolute Gasteiger partial charge is 0.281 e. The maximum absolute atomic E-state index is 12.9. The minimum Gasteiger partial charge on any atom is -0.281 e. The SMILES string of the molecule is O=C1CCN2c3ccccc3C(c3cccnc3)=CC3(CCCCC3)N12. The first-order valence-electron chi connectivity index (χ1n) is 9.62. The van der Waals surface area contributed by atoms with Crippen LogP contribution in [0, 0.1) is 0 Å². The number of pyridine rings is 1. The van der Waals surface area contributed by atoms with E-state index in [1.54, 1.807) is 0 Å². The van der Waals surface area contributed by atoms with Crippen molar-refractivity contribution in [3.8, 4) is 0 Å². The molecule has 4 heteroatoms. The van der Waals surface area contributed by atoms with Crippen LogP contribution >= 0.6 is 0 Å². The lowest BCUT2D eigenvalue weighted by Crippen LogP contribution is -2.55. The molecule has 5 rings (SSSR count). The fourth-order valence-corrected chi connectivity index (χ4v) is 4.87. The molecule has 26 heavy (non-hydrogen) atoms. The Hall–Kier alpha value is -2.62. The highest BCUT2D eigenvalue weighted by atomic mass is 16.2. The van der Waals surface area contributed by atoms with Gasteiger partial charge in [-0.25, -0.2) is 5.01 Å². The molecule has 2 fully saturated rings. The fraction of sp³-hybridized carbons (Fsp3) is 0.364. The normalized spacial score (nSPS) is 21.2. The fourth-order valence-electron chi connectivity index (χ4n) is 4.87. The first kappa shape index (κ1) is 15.6. The van der Waals surface area contributed by atoms with E-state index in [2.05, 4.69) is 51.4 Å². The maximum atomic E-state index is 12.9. The van der Waals surface area contributed by atoms with Gasteiger partial charge in [-0.15, -0.1) is 0 Å². The van der Waals surface area contributed by atoms with Gasteiger partial charge in [0.2, 0.25) is 5.91 Å². The Bertz CT molecular complexity index is 868. The van der Waals surface area contributed by atoms with Crippen LogP contribution in [0.2, 0.25) is 0 Å². The first-order chi connectivity index (χ1) is 12.8. The van der Waals surface area contributed by atoms with E-state index < -0.39 is 0 Å². The average Bonchev–Trinajstić information content (AvgIpc) is 3.05. The summed E-state index contributed by atoms with van der Waals surface area (Å²) < 4.78 is 0. The Labute approximate surface area is 154 Å². The van der Waals surface area contributed by atoms with Gasteiger partial charge < -0.3 is 0 Å². The van der Waals surface area contributed by atoms with Crippen molar-refractivity contribution in [2.75, 3.05) is 11.6 Å². The van der Waals surface area contributed by atoms with Gasteiger partial charge in [-0.1, -0.05) is 43.5 Å². The molecule has 1 aromatic heterocycles. The minimum atomic E-state index is -0.212. The van der Waals surface area contributed by atoms with Crippen LogP contribution in [0.4, 0.5) is 5.69 Å². The zero-order valence-corrected chi connectivity index (χ0v) is 14.9. The molecule has 132 valence electrons. The molecule has 1 saturated heterocycles. The van der Waals surface area contributed by atoms with Crippen LogP contribution in [-0.2, 0) is 4.79 Å². The molecule has 2 aromatic rings. The van der Waals surface area contributed by atoms with Crippen molar-refractivity contribution < 1.29 is 4.79 Å². The second kappa shape index (κ2) is 5.97. The average molecular weight is 345 g/mol. The number of hydrogen-bond acceptors (Lipinski definition) is 3. The predicted octanol–water partition coefficient (Wildman–Crippen LogP) is 4.18. The number of aromatic nitrogens is 1. The summed E-state index contributed by atoms with van der Waals surface area (Å²) in [5, 5.41) is 4.33. The second-order valence-corrected chi connectivity index (χ2v) is 7.56. The number of carbonyl (C=O) groups is 1. The quantitative estimate of drug-likeness (QED) is 0.778. The van der Waals surface area contributed by atoms with Gasteiger partial charge in [0.25, 0.3) is 0 Å². The number of hydrazine groups is 1. The number of benzene rings is 1. The Morgan fingerprint density at radius 2 is 1.85 bits per heavy atom. The molecular formula is C22H23N3O. The van der Waals surface area contributed by atoms with Crippen molar-refractivity contribution >= 4 is 17.2 Å². The summed E-state index contributed by atoms with van der Waals surface area (Å²) in [5.74, 6) is 0.255. The van der Waals surface area contributed by atoms with Crippen LogP contribution in [-0.4, -0.2) is 28.0 Å². The zero-order valence-electron chi connectivity index (χ0n) is 14.9. The van der Waals surface area contributed by atoms with E-state index in [-0.39, 0.29) is 11.4 Å². The minimum absolute atomic E-state index is 0.212. The monoisotopic (exact) mass is 345 g/mol. The van der Waals surface area contributed by atoms with Gasteiger partial charge in [0.15, 0.2) is 0 Å². The molecule has 1 spiro atoms. The predicted molar refractivity (Wildman–Crippen MR) is 102 cm³/mol. The highest BCUT2D eigenvalue weighted by molar-refractivity contribution is 5.92. The van der Waals surface area contributed by atoms with Crippen LogP contribution in [0.1, 0.15) is 49.7 Å². The van der Waals surface area contributed by atoms with E-state index in [1.165, 1.54) is 30.4 Å². The van der Waals surface area contributed by atoms with Gasteiger partial charge in [0, 0.05) is 36.5 Å². The van der Waals surface area contributed by atoms with E-state index >= 15 is 0 Å². The number of amides is 1. The van der Waals surface area contributed by atoms with E-state index in [4.69, 9.17) is 0 Å². The first-order valence-corrected chi connectivity index (χ1v) is 9.62. The molecule has 4 nitrogen and oxygen atoms in total. The molecule has 1 amide bonds. The summed E-state index contributed by atoms with van der Waals surface area (Å²) in [7, 11) is 0. The number of carbonyl (C=O) groups excluding carboxylic acids is 1. The van der Waals surface area contributed by atoms with Crippen LogP contribution in [0.25, 0.3) is 5.57 Å². The number of anilines is 1. The lowest BCUT2D eigenvalue weighted by molar-refractivity contribution is -0.133. The Kier molecular flexibility index (Phi) is 3.59. The second-order valence-electron chi connectivity index (χ2n) is 7.56. The third-order valence-corrected chi connectivity index (χ3v) is 6.01. The highest BCUT2D eigenvalue weighted by Gasteiger charge is 2.47. The summed E-state index contributed by atoms with van der Waals surface area (Å²) in [5.41, 5.74) is 4.45. The molecule has 0 unspecified atom stereocenters. The van der Waals surface area contributed by atoms with E-state index in [0.717, 1.165) is 30.6 Å². The van der Waals surface area contributed by atoms with Crippen LogP contribution in [0.15, 0.2) is 54.9 Å². The van der Waals surface area contributed by atoms with E-state index in [0.29, 0.717) is 6.42 Å². The summed E-state index contributed by atoms with van der Waals surface area (Å²) in [6.07, 6.45) is 12.4. The highest BCUT2D eigenvalue weighted by Crippen LogP contribution is 2.47. The lowest BCUT2D eigenvalue weighted by atomic mass is 9.78. The van der Waals surface area contributed by atoms with Crippen LogP contribution in [0.5, 0.6) is 0 Å². The molecule has 3 heterocycles. The lowest BCUT2D eigenvalue weighted by Gasteiger charge is -2.46. The number of fused-ring (bicyclic) bond motifs is 4. The smallest absolute Gasteiger partial charge is 0.243 e. The third kappa shape index (κ3) is 2.28.